The molecule has 3 nitrogen and oxygen atoms in total. The second kappa shape index (κ2) is 7.70. The van der Waals surface area contributed by atoms with E-state index in [4.69, 9.17) is 4.74 Å². The topological polar surface area (TPSA) is 38.3 Å². The number of aryl methyl sites for hydroxylation is 2. The summed E-state index contributed by atoms with van der Waals surface area (Å²) in [6, 6.07) is 9.95. The van der Waals surface area contributed by atoms with Gasteiger partial charge in [0.2, 0.25) is 5.91 Å². The lowest BCUT2D eigenvalue weighted by atomic mass is 10.2. The van der Waals surface area contributed by atoms with E-state index >= 15 is 0 Å². The summed E-state index contributed by atoms with van der Waals surface area (Å²) in [5.41, 5.74) is 2.39. The van der Waals surface area contributed by atoms with Gasteiger partial charge in [-0.2, -0.15) is 11.3 Å². The van der Waals surface area contributed by atoms with E-state index in [2.05, 4.69) is 16.8 Å². The Morgan fingerprint density at radius 2 is 2.25 bits per heavy atom. The number of nitrogens with one attached hydrogen (secondary N) is 1. The molecular weight excluding hydrogens is 270 g/mol. The van der Waals surface area contributed by atoms with Crippen molar-refractivity contribution in [1.29, 1.82) is 0 Å². The summed E-state index contributed by atoms with van der Waals surface area (Å²) < 4.78 is 5.57. The number of benzene rings is 1. The highest BCUT2D eigenvalue weighted by atomic mass is 32.1. The first-order valence-corrected chi connectivity index (χ1v) is 7.65. The Kier molecular flexibility index (Phi) is 5.62. The van der Waals surface area contributed by atoms with Gasteiger partial charge in [0.05, 0.1) is 6.54 Å². The van der Waals surface area contributed by atoms with Gasteiger partial charge in [0.25, 0.3) is 0 Å². The van der Waals surface area contributed by atoms with Crippen molar-refractivity contribution in [3.63, 3.8) is 0 Å². The van der Waals surface area contributed by atoms with E-state index < -0.39 is 0 Å². The summed E-state index contributed by atoms with van der Waals surface area (Å²) in [5.74, 6) is 0.918. The summed E-state index contributed by atoms with van der Waals surface area (Å²) in [4.78, 5) is 11.6. The highest BCUT2D eigenvalue weighted by Crippen LogP contribution is 2.11. The van der Waals surface area contributed by atoms with Crippen LogP contribution in [0.2, 0.25) is 0 Å². The van der Waals surface area contributed by atoms with Crippen LogP contribution in [0.1, 0.15) is 17.5 Å². The molecule has 1 heterocycles. The molecule has 1 aromatic heterocycles. The number of carbonyl (C=O) groups is 1. The van der Waals surface area contributed by atoms with E-state index in [0.29, 0.717) is 19.6 Å². The molecule has 0 fully saturated rings. The zero-order valence-electron chi connectivity index (χ0n) is 11.6. The standard InChI is InChI=1S/C16H19NO2S/c1-13-3-2-4-15(11-13)19-9-8-17-16(18)6-5-14-7-10-20-12-14/h2-4,7,10-12H,5-6,8-9H2,1H3,(H,17,18). The number of thiophene rings is 1. The molecule has 4 heteroatoms. The first kappa shape index (κ1) is 14.6. The number of hydrogen-bond donors (Lipinski definition) is 1. The highest BCUT2D eigenvalue weighted by molar-refractivity contribution is 7.07. The molecule has 0 radical (unpaired) electrons. The van der Waals surface area contributed by atoms with E-state index in [1.165, 1.54) is 11.1 Å². The first-order valence-electron chi connectivity index (χ1n) is 6.71. The lowest BCUT2D eigenvalue weighted by molar-refractivity contribution is -0.121. The quantitative estimate of drug-likeness (QED) is 0.795. The van der Waals surface area contributed by atoms with Gasteiger partial charge in [0.1, 0.15) is 12.4 Å². The number of rotatable bonds is 7. The van der Waals surface area contributed by atoms with Gasteiger partial charge in [0.15, 0.2) is 0 Å². The lowest BCUT2D eigenvalue weighted by Gasteiger charge is -2.08. The third kappa shape index (κ3) is 5.05. The van der Waals surface area contributed by atoms with E-state index in [1.54, 1.807) is 11.3 Å². The number of hydrogen-bond acceptors (Lipinski definition) is 3. The molecule has 2 aromatic rings. The van der Waals surface area contributed by atoms with Crippen LogP contribution < -0.4 is 10.1 Å². The largest absolute Gasteiger partial charge is 0.492 e. The molecular formula is C16H19NO2S. The zero-order valence-corrected chi connectivity index (χ0v) is 12.4. The Morgan fingerprint density at radius 3 is 3.00 bits per heavy atom. The van der Waals surface area contributed by atoms with Crippen LogP contribution in [0.25, 0.3) is 0 Å². The average Bonchev–Trinajstić information content (AvgIpc) is 2.95. The fourth-order valence-electron chi connectivity index (χ4n) is 1.85. The molecule has 20 heavy (non-hydrogen) atoms. The Balaban J connectivity index is 1.59. The van der Waals surface area contributed by atoms with Gasteiger partial charge in [-0.05, 0) is 53.4 Å². The minimum atomic E-state index is 0.0732. The number of ether oxygens (including phenoxy) is 1. The van der Waals surface area contributed by atoms with Gasteiger partial charge in [-0.3, -0.25) is 4.79 Å². The van der Waals surface area contributed by atoms with Crippen molar-refractivity contribution in [2.24, 2.45) is 0 Å². The van der Waals surface area contributed by atoms with Crippen molar-refractivity contribution < 1.29 is 9.53 Å². The minimum Gasteiger partial charge on any atom is -0.492 e. The molecule has 0 aliphatic rings. The van der Waals surface area contributed by atoms with Crippen molar-refractivity contribution in [1.82, 2.24) is 5.32 Å². The maximum Gasteiger partial charge on any atom is 0.220 e. The third-order valence-electron chi connectivity index (χ3n) is 2.90. The van der Waals surface area contributed by atoms with E-state index in [0.717, 1.165) is 12.2 Å². The smallest absolute Gasteiger partial charge is 0.220 e. The second-order valence-corrected chi connectivity index (χ2v) is 5.43. The summed E-state index contributed by atoms with van der Waals surface area (Å²) in [5, 5.41) is 6.98. The van der Waals surface area contributed by atoms with E-state index in [-0.39, 0.29) is 5.91 Å². The number of amides is 1. The van der Waals surface area contributed by atoms with Crippen LogP contribution in [0.3, 0.4) is 0 Å². The average molecular weight is 289 g/mol. The molecule has 2 rings (SSSR count). The summed E-state index contributed by atoms with van der Waals surface area (Å²) in [6.07, 6.45) is 1.33. The Bertz CT molecular complexity index is 537. The zero-order chi connectivity index (χ0) is 14.2. The predicted octanol–water partition coefficient (Wildman–Crippen LogP) is 3.18. The molecule has 0 aliphatic carbocycles. The Morgan fingerprint density at radius 1 is 1.35 bits per heavy atom. The molecule has 0 atom stereocenters. The van der Waals surface area contributed by atoms with E-state index in [9.17, 15) is 4.79 Å². The molecule has 1 aromatic carbocycles. The molecule has 0 spiro atoms. The lowest BCUT2D eigenvalue weighted by Crippen LogP contribution is -2.28. The van der Waals surface area contributed by atoms with Gasteiger partial charge >= 0.3 is 0 Å². The second-order valence-electron chi connectivity index (χ2n) is 4.65. The van der Waals surface area contributed by atoms with Crippen LogP contribution in [0.15, 0.2) is 41.1 Å². The minimum absolute atomic E-state index is 0.0732. The van der Waals surface area contributed by atoms with Crippen molar-refractivity contribution in [3.8, 4) is 5.75 Å². The molecule has 1 N–H and O–H groups in total. The van der Waals surface area contributed by atoms with Crippen LogP contribution in [-0.2, 0) is 11.2 Å². The Hall–Kier alpha value is -1.81. The van der Waals surface area contributed by atoms with Crippen LogP contribution >= 0.6 is 11.3 Å². The molecule has 106 valence electrons. The van der Waals surface area contributed by atoms with Crippen molar-refractivity contribution >= 4 is 17.2 Å². The van der Waals surface area contributed by atoms with Crippen molar-refractivity contribution in [2.75, 3.05) is 13.2 Å². The van der Waals surface area contributed by atoms with Gasteiger partial charge in [-0.25, -0.2) is 0 Å². The predicted molar refractivity (Wildman–Crippen MR) is 82.3 cm³/mol. The molecule has 0 saturated carbocycles. The molecule has 0 aliphatic heterocycles. The summed E-state index contributed by atoms with van der Waals surface area (Å²) in [7, 11) is 0. The fraction of sp³-hybridized carbons (Fsp3) is 0.312. The monoisotopic (exact) mass is 289 g/mol. The van der Waals surface area contributed by atoms with Crippen LogP contribution in [0, 0.1) is 6.92 Å². The van der Waals surface area contributed by atoms with Gasteiger partial charge in [-0.15, -0.1) is 0 Å². The molecule has 1 amide bonds. The molecule has 0 unspecified atom stereocenters. The third-order valence-corrected chi connectivity index (χ3v) is 3.64. The van der Waals surface area contributed by atoms with Crippen LogP contribution in [-0.4, -0.2) is 19.1 Å². The summed E-state index contributed by atoms with van der Waals surface area (Å²) in [6.45, 7) is 3.06. The SMILES string of the molecule is Cc1cccc(OCCNC(=O)CCc2ccsc2)c1. The van der Waals surface area contributed by atoms with Crippen molar-refractivity contribution in [3.05, 3.63) is 52.2 Å². The Labute approximate surface area is 123 Å². The maximum atomic E-state index is 11.6. The maximum absolute atomic E-state index is 11.6. The van der Waals surface area contributed by atoms with Gasteiger partial charge in [-0.1, -0.05) is 12.1 Å². The highest BCUT2D eigenvalue weighted by Gasteiger charge is 2.02. The normalized spacial score (nSPS) is 10.2. The number of carbonyl (C=O) groups excluding carboxylic acids is 1. The molecule has 0 bridgehead atoms. The first-order chi connectivity index (χ1) is 9.74. The van der Waals surface area contributed by atoms with Crippen LogP contribution in [0.4, 0.5) is 0 Å². The summed E-state index contributed by atoms with van der Waals surface area (Å²) >= 11 is 1.66. The van der Waals surface area contributed by atoms with Crippen LogP contribution in [0.5, 0.6) is 5.75 Å². The van der Waals surface area contributed by atoms with E-state index in [1.807, 2.05) is 36.6 Å². The van der Waals surface area contributed by atoms with Crippen molar-refractivity contribution in [2.45, 2.75) is 19.8 Å². The fourth-order valence-corrected chi connectivity index (χ4v) is 2.55. The van der Waals surface area contributed by atoms with Gasteiger partial charge < -0.3 is 10.1 Å². The molecule has 0 saturated heterocycles. The van der Waals surface area contributed by atoms with Gasteiger partial charge in [0, 0.05) is 6.42 Å².